The molecule has 2 aromatic heterocycles. The summed E-state index contributed by atoms with van der Waals surface area (Å²) in [7, 11) is 0. The molecule has 0 radical (unpaired) electrons. The Balaban J connectivity index is 1.22. The van der Waals surface area contributed by atoms with Gasteiger partial charge < -0.3 is 0 Å². The van der Waals surface area contributed by atoms with Crippen molar-refractivity contribution in [2.24, 2.45) is 0 Å². The fourth-order valence-corrected chi connectivity index (χ4v) is 11.6. The number of rotatable bonds is 2. The minimum absolute atomic E-state index is 0.00195. The van der Waals surface area contributed by atoms with Gasteiger partial charge in [0.25, 0.3) is 0 Å². The van der Waals surface area contributed by atoms with Crippen LogP contribution in [0.25, 0.3) is 60.6 Å². The molecule has 0 saturated heterocycles. The summed E-state index contributed by atoms with van der Waals surface area (Å²) < 4.78 is 53.0. The number of fused-ring (bicyclic) bond motifs is 11. The Morgan fingerprint density at radius 1 is 0.655 bits per heavy atom. The van der Waals surface area contributed by atoms with Crippen LogP contribution in [0.1, 0.15) is 58.2 Å². The van der Waals surface area contributed by atoms with Crippen LogP contribution in [-0.4, -0.2) is 26.2 Å². The summed E-state index contributed by atoms with van der Waals surface area (Å²) in [4.78, 5) is 0. The van der Waals surface area contributed by atoms with E-state index in [1.165, 1.54) is 32.0 Å². The molecule has 0 fully saturated rings. The van der Waals surface area contributed by atoms with Gasteiger partial charge in [-0.3, -0.25) is 0 Å². The van der Waals surface area contributed by atoms with E-state index < -0.39 is 0 Å². The molecule has 0 bridgehead atoms. The molecule has 2 aliphatic heterocycles. The van der Waals surface area contributed by atoms with E-state index in [0.717, 1.165) is 54.6 Å². The number of nitrogens with zero attached hydrogens (tertiary/aromatic N) is 1. The molecule has 0 saturated carbocycles. The third-order valence-corrected chi connectivity index (χ3v) is 14.0. The molecule has 4 heterocycles. The second-order valence-corrected chi connectivity index (χ2v) is 19.3. The molecule has 266 valence electrons. The summed E-state index contributed by atoms with van der Waals surface area (Å²) in [6.45, 7) is 13.5. The Morgan fingerprint density at radius 3 is 2.27 bits per heavy atom. The maximum atomic E-state index is 8.88. The third kappa shape index (κ3) is 4.89. The van der Waals surface area contributed by atoms with Gasteiger partial charge in [-0.1, -0.05) is 0 Å². The fraction of sp³-hybridized carbons (Fsp3) is 0.160. The van der Waals surface area contributed by atoms with Crippen LogP contribution < -0.4 is 30.0 Å². The Kier molecular flexibility index (Phi) is 6.05. The number of furan rings is 1. The van der Waals surface area contributed by atoms with Gasteiger partial charge in [-0.25, -0.2) is 0 Å². The first-order valence-electron chi connectivity index (χ1n) is 21.0. The van der Waals surface area contributed by atoms with Gasteiger partial charge in [0.2, 0.25) is 0 Å². The van der Waals surface area contributed by atoms with Crippen molar-refractivity contribution in [2.75, 3.05) is 0 Å². The van der Waals surface area contributed by atoms with Crippen molar-refractivity contribution in [3.8, 4) is 28.3 Å². The van der Waals surface area contributed by atoms with Crippen LogP contribution in [0.15, 0.2) is 138 Å². The van der Waals surface area contributed by atoms with Gasteiger partial charge >= 0.3 is 335 Å². The summed E-state index contributed by atoms with van der Waals surface area (Å²) in [6, 6.07) is 38.6. The third-order valence-electron chi connectivity index (χ3n) is 11.5. The van der Waals surface area contributed by atoms with Crippen LogP contribution in [0, 0.1) is 0 Å². The van der Waals surface area contributed by atoms with E-state index in [0.29, 0.717) is 16.4 Å². The average molecular weight is 781 g/mol. The number of benzene rings is 7. The fourth-order valence-electron chi connectivity index (χ4n) is 8.86. The average Bonchev–Trinajstić information content (AvgIpc) is 3.77. The predicted molar refractivity (Wildman–Crippen MR) is 234 cm³/mol. The van der Waals surface area contributed by atoms with E-state index in [4.69, 9.17) is 14.6 Å². The Morgan fingerprint density at radius 2 is 1.45 bits per heavy atom. The summed E-state index contributed by atoms with van der Waals surface area (Å²) in [6.07, 6.45) is 0. The van der Waals surface area contributed by atoms with Crippen molar-refractivity contribution < 1.29 is 14.6 Å². The summed E-state index contributed by atoms with van der Waals surface area (Å²) in [5.74, 6) is 1.66. The molecule has 0 atom stereocenters. The van der Waals surface area contributed by atoms with Crippen LogP contribution in [0.5, 0.6) is 11.5 Å². The SMILES string of the molecule is [2H]c1c([2H])c([2H])c2c(oc3c4c(ccc32)B2c3cc5c6ccccc6n(-c6ccccc6)c5cc3Oc3cc(-c5ccc(C(C)(C)C)cc5C(C)(C)C)cc(c32)[Se]4)c1[2H]. The van der Waals surface area contributed by atoms with E-state index in [1.807, 2.05) is 12.1 Å². The van der Waals surface area contributed by atoms with Gasteiger partial charge in [0, 0.05) is 0 Å². The van der Waals surface area contributed by atoms with Crippen LogP contribution >= 0.6 is 0 Å². The Labute approximate surface area is 333 Å². The van der Waals surface area contributed by atoms with Crippen molar-refractivity contribution in [1.82, 2.24) is 4.57 Å². The maximum absolute atomic E-state index is 8.88. The topological polar surface area (TPSA) is 27.3 Å². The molecule has 3 nitrogen and oxygen atoms in total. The summed E-state index contributed by atoms with van der Waals surface area (Å²) >= 11 is -0.251. The summed E-state index contributed by atoms with van der Waals surface area (Å²) in [5, 5.41) is 3.46. The number of hydrogen-bond acceptors (Lipinski definition) is 2. The van der Waals surface area contributed by atoms with Crippen molar-refractivity contribution in [3.63, 3.8) is 0 Å². The first-order chi connectivity index (χ1) is 28.2. The van der Waals surface area contributed by atoms with Crippen LogP contribution in [-0.2, 0) is 10.8 Å². The zero-order valence-electron chi connectivity index (χ0n) is 35.6. The molecule has 2 aliphatic rings. The standard InChI is InChI=1S/C50H40BNO2Se/c1-49(2,3)30-20-21-32(37(26-30)50(4,5)6)29-24-44-46-45(25-29)55-48-38(23-22-35-34-17-11-13-19-42(34)54-47(35)48)51(46)39-27-36-33-16-10-12-18-40(33)52(31-14-8-7-9-15-31)41(36)28-43(39)53-44/h7-28H,1-6H3/i11D,13D,17D,19D. The van der Waals surface area contributed by atoms with Crippen molar-refractivity contribution in [1.29, 1.82) is 0 Å². The first-order valence-corrected chi connectivity index (χ1v) is 20.7. The minimum atomic E-state index is -0.287. The van der Waals surface area contributed by atoms with Gasteiger partial charge in [-0.05, 0) is 0 Å². The van der Waals surface area contributed by atoms with Crippen molar-refractivity contribution >= 4 is 90.7 Å². The quantitative estimate of drug-likeness (QED) is 0.164. The predicted octanol–water partition coefficient (Wildman–Crippen LogP) is 9.54. The molecule has 0 amide bonds. The number of hydrogen-bond donors (Lipinski definition) is 0. The van der Waals surface area contributed by atoms with E-state index in [-0.39, 0.29) is 62.3 Å². The van der Waals surface area contributed by atoms with Gasteiger partial charge in [0.05, 0.1) is 0 Å². The molecule has 0 aliphatic carbocycles. The Hall–Kier alpha value is -5.48. The zero-order chi connectivity index (χ0) is 40.9. The van der Waals surface area contributed by atoms with Gasteiger partial charge in [0.1, 0.15) is 0 Å². The van der Waals surface area contributed by atoms with E-state index in [9.17, 15) is 0 Å². The van der Waals surface area contributed by atoms with Crippen molar-refractivity contribution in [2.45, 2.75) is 52.4 Å². The monoisotopic (exact) mass is 781 g/mol. The molecule has 7 aromatic carbocycles. The van der Waals surface area contributed by atoms with Gasteiger partial charge in [-0.2, -0.15) is 0 Å². The molecule has 0 spiro atoms. The number of para-hydroxylation sites is 3. The van der Waals surface area contributed by atoms with Crippen molar-refractivity contribution in [3.05, 3.63) is 144 Å². The zero-order valence-corrected chi connectivity index (χ0v) is 33.4. The molecule has 11 rings (SSSR count). The van der Waals surface area contributed by atoms with Crippen LogP contribution in [0.2, 0.25) is 0 Å². The molecule has 55 heavy (non-hydrogen) atoms. The number of ether oxygens (including phenoxy) is 1. The van der Waals surface area contributed by atoms with E-state index in [2.05, 4.69) is 143 Å². The second-order valence-electron chi connectivity index (χ2n) is 17.0. The van der Waals surface area contributed by atoms with E-state index >= 15 is 0 Å². The Bertz CT molecular complexity index is 3300. The molecule has 9 aromatic rings. The molecular formula is C50H40BNO2Se. The first kappa shape index (κ1) is 28.9. The molecular weight excluding hydrogens is 736 g/mol. The summed E-state index contributed by atoms with van der Waals surface area (Å²) in [5.41, 5.74) is 12.2. The second kappa shape index (κ2) is 11.5. The molecule has 5 heteroatoms. The normalized spacial score (nSPS) is 14.7. The van der Waals surface area contributed by atoms with E-state index in [1.54, 1.807) is 0 Å². The molecule has 0 unspecified atom stereocenters. The van der Waals surface area contributed by atoms with Crippen LogP contribution in [0.4, 0.5) is 0 Å². The van der Waals surface area contributed by atoms with Gasteiger partial charge in [-0.15, -0.1) is 0 Å². The van der Waals surface area contributed by atoms with Gasteiger partial charge in [0.15, 0.2) is 0 Å². The number of aromatic nitrogens is 1. The molecule has 0 N–H and O–H groups in total. The van der Waals surface area contributed by atoms with Crippen LogP contribution in [0.3, 0.4) is 0 Å².